The molecule has 1 fully saturated rings. The maximum Gasteiger partial charge on any atom is 0.327 e. The molecule has 3 aromatic rings. The van der Waals surface area contributed by atoms with Crippen molar-refractivity contribution in [2.24, 2.45) is 0 Å². The Kier molecular flexibility index (Phi) is 9.62. The molecule has 0 unspecified atom stereocenters. The molecule has 0 amide bonds. The van der Waals surface area contributed by atoms with Crippen molar-refractivity contribution < 1.29 is 46.9 Å². The van der Waals surface area contributed by atoms with Crippen LogP contribution < -0.4 is 15.1 Å². The quantitative estimate of drug-likeness (QED) is 0.196. The zero-order valence-electron chi connectivity index (χ0n) is 24.0. The fraction of sp³-hybridized carbons (Fsp3) is 0.400. The molecule has 4 N–H and O–H groups in total. The van der Waals surface area contributed by atoms with E-state index in [1.54, 1.807) is 24.3 Å². The van der Waals surface area contributed by atoms with E-state index in [1.165, 1.54) is 7.11 Å². The number of methoxy groups -OCH3 is 1. The standard InChI is InChI=1S/C30H38O10SSi/c1-29(2,3)42(23-11-7-5-8-12-23,24-13-9-6-10-14-24)39-20-25-26(31)27(32)28(30(33,40-25)41(34,35)36)38-19-21-15-17-22(37-4)18-16-21/h5-18,25-28,31-33H,19-20H2,1-4H3,(H,34,35,36)/t25-,26+,27+,28-,30+/m1/s1. The Hall–Kier alpha value is -2.65. The van der Waals surface area contributed by atoms with Gasteiger partial charge in [-0.05, 0) is 33.1 Å². The number of hydrogen-bond donors (Lipinski definition) is 4. The average molecular weight is 619 g/mol. The van der Waals surface area contributed by atoms with Crippen molar-refractivity contribution in [1.82, 2.24) is 0 Å². The summed E-state index contributed by atoms with van der Waals surface area (Å²) >= 11 is 0. The van der Waals surface area contributed by atoms with Crippen LogP contribution in [0.25, 0.3) is 0 Å². The lowest BCUT2D eigenvalue weighted by atomic mass is 9.99. The van der Waals surface area contributed by atoms with E-state index in [0.29, 0.717) is 11.3 Å². The van der Waals surface area contributed by atoms with E-state index in [1.807, 2.05) is 81.4 Å². The SMILES string of the molecule is COc1ccc(CO[C@@H]2[C@@H](O)[C@@H](O)[C@@H](CO[Si](c3ccccc3)(c3ccccc3)C(C)(C)C)O[C@]2(O)S(=O)(=O)O)cc1. The zero-order valence-corrected chi connectivity index (χ0v) is 25.8. The van der Waals surface area contributed by atoms with Crippen LogP contribution in [-0.2, 0) is 30.6 Å². The first-order valence-electron chi connectivity index (χ1n) is 13.5. The Morgan fingerprint density at radius 2 is 1.40 bits per heavy atom. The summed E-state index contributed by atoms with van der Waals surface area (Å²) in [7, 11) is -7.06. The molecule has 5 atom stereocenters. The van der Waals surface area contributed by atoms with Crippen LogP contribution in [0.2, 0.25) is 5.04 Å². The Bertz CT molecular complexity index is 1370. The fourth-order valence-electron chi connectivity index (χ4n) is 5.39. The highest BCUT2D eigenvalue weighted by Crippen LogP contribution is 2.39. The first-order valence-corrected chi connectivity index (χ1v) is 16.8. The number of ether oxygens (including phenoxy) is 3. The van der Waals surface area contributed by atoms with Crippen molar-refractivity contribution >= 4 is 28.8 Å². The number of aliphatic hydroxyl groups is 3. The van der Waals surface area contributed by atoms with Crippen LogP contribution in [0.4, 0.5) is 0 Å². The first-order chi connectivity index (χ1) is 19.7. The van der Waals surface area contributed by atoms with Crippen LogP contribution in [0, 0.1) is 0 Å². The van der Waals surface area contributed by atoms with Crippen LogP contribution in [-0.4, -0.2) is 79.9 Å². The largest absolute Gasteiger partial charge is 0.497 e. The molecule has 1 aliphatic rings. The number of aliphatic hydroxyl groups excluding tert-OH is 2. The van der Waals surface area contributed by atoms with Crippen molar-refractivity contribution in [3.63, 3.8) is 0 Å². The van der Waals surface area contributed by atoms with Gasteiger partial charge in [-0.1, -0.05) is 93.6 Å². The van der Waals surface area contributed by atoms with Gasteiger partial charge in [0.25, 0.3) is 8.32 Å². The third kappa shape index (κ3) is 6.18. The first kappa shape index (κ1) is 32.3. The van der Waals surface area contributed by atoms with E-state index >= 15 is 0 Å². The Morgan fingerprint density at radius 3 is 1.86 bits per heavy atom. The highest BCUT2D eigenvalue weighted by molar-refractivity contribution is 7.86. The lowest BCUT2D eigenvalue weighted by Crippen LogP contribution is -2.71. The monoisotopic (exact) mass is 618 g/mol. The van der Waals surface area contributed by atoms with Crippen LogP contribution in [0.1, 0.15) is 26.3 Å². The Balaban J connectivity index is 1.66. The molecule has 1 saturated heterocycles. The van der Waals surface area contributed by atoms with Crippen LogP contribution in [0.5, 0.6) is 5.75 Å². The minimum Gasteiger partial charge on any atom is -0.497 e. The fourth-order valence-corrected chi connectivity index (χ4v) is 10.7. The van der Waals surface area contributed by atoms with Gasteiger partial charge in [0.1, 0.15) is 24.1 Å². The van der Waals surface area contributed by atoms with Gasteiger partial charge < -0.3 is 34.0 Å². The average Bonchev–Trinajstić information content (AvgIpc) is 2.96. The van der Waals surface area contributed by atoms with E-state index in [2.05, 4.69) is 0 Å². The third-order valence-corrected chi connectivity index (χ3v) is 13.6. The summed E-state index contributed by atoms with van der Waals surface area (Å²) in [5.74, 6) is 0.577. The molecule has 0 saturated carbocycles. The predicted molar refractivity (Wildman–Crippen MR) is 159 cm³/mol. The molecule has 0 aliphatic carbocycles. The van der Waals surface area contributed by atoms with Gasteiger partial charge in [0.15, 0.2) is 6.10 Å². The van der Waals surface area contributed by atoms with Crippen LogP contribution in [0.3, 0.4) is 0 Å². The molecule has 3 aromatic carbocycles. The van der Waals surface area contributed by atoms with Crippen molar-refractivity contribution in [2.45, 2.75) is 62.0 Å². The maximum atomic E-state index is 12.5. The second-order valence-corrected chi connectivity index (χ2v) is 17.1. The van der Waals surface area contributed by atoms with Crippen molar-refractivity contribution in [3.8, 4) is 5.75 Å². The molecule has 10 nitrogen and oxygen atoms in total. The van der Waals surface area contributed by atoms with Gasteiger partial charge in [-0.25, -0.2) is 0 Å². The summed E-state index contributed by atoms with van der Waals surface area (Å²) < 4.78 is 57.9. The molecule has 12 heteroatoms. The summed E-state index contributed by atoms with van der Waals surface area (Å²) in [5, 5.41) is 31.3. The van der Waals surface area contributed by atoms with Gasteiger partial charge in [0.2, 0.25) is 0 Å². The summed E-state index contributed by atoms with van der Waals surface area (Å²) in [4.78, 5) is 0. The van der Waals surface area contributed by atoms with E-state index in [-0.39, 0.29) is 6.61 Å². The highest BCUT2D eigenvalue weighted by atomic mass is 32.2. The normalized spacial score (nSPS) is 25.2. The summed E-state index contributed by atoms with van der Waals surface area (Å²) in [5.41, 5.74) is 0.548. The summed E-state index contributed by atoms with van der Waals surface area (Å²) in [6.45, 7) is 5.41. The molecular formula is C30H38O10SSi. The van der Waals surface area contributed by atoms with Gasteiger partial charge in [-0.15, -0.1) is 0 Å². The van der Waals surface area contributed by atoms with E-state index in [0.717, 1.165) is 10.4 Å². The molecule has 42 heavy (non-hydrogen) atoms. The van der Waals surface area contributed by atoms with E-state index in [9.17, 15) is 28.3 Å². The molecular weight excluding hydrogens is 580 g/mol. The van der Waals surface area contributed by atoms with Crippen molar-refractivity contribution in [1.29, 1.82) is 0 Å². The lowest BCUT2D eigenvalue weighted by molar-refractivity contribution is -0.321. The predicted octanol–water partition coefficient (Wildman–Crippen LogP) is 1.81. The van der Waals surface area contributed by atoms with Crippen molar-refractivity contribution in [3.05, 3.63) is 90.5 Å². The molecule has 1 aliphatic heterocycles. The Labute approximate surface area is 247 Å². The molecule has 0 radical (unpaired) electrons. The summed E-state index contributed by atoms with van der Waals surface area (Å²) in [6, 6.07) is 25.7. The van der Waals surface area contributed by atoms with E-state index < -0.39 is 59.6 Å². The second kappa shape index (κ2) is 12.5. The summed E-state index contributed by atoms with van der Waals surface area (Å²) in [6.07, 6.45) is -7.29. The topological polar surface area (TPSA) is 152 Å². The lowest BCUT2D eigenvalue weighted by Gasteiger charge is -2.48. The number of rotatable bonds is 10. The van der Waals surface area contributed by atoms with E-state index in [4.69, 9.17) is 18.6 Å². The highest BCUT2D eigenvalue weighted by Gasteiger charge is 2.62. The van der Waals surface area contributed by atoms with Gasteiger partial charge in [0.05, 0.1) is 20.3 Å². The maximum absolute atomic E-state index is 12.5. The minimum absolute atomic E-state index is 0.275. The van der Waals surface area contributed by atoms with Gasteiger partial charge in [0, 0.05) is 0 Å². The van der Waals surface area contributed by atoms with Crippen LogP contribution in [0.15, 0.2) is 84.9 Å². The Morgan fingerprint density at radius 1 is 0.881 bits per heavy atom. The molecule has 228 valence electrons. The molecule has 0 aromatic heterocycles. The minimum atomic E-state index is -5.39. The second-order valence-electron chi connectivity index (χ2n) is 11.3. The molecule has 1 heterocycles. The van der Waals surface area contributed by atoms with Gasteiger partial charge >= 0.3 is 15.2 Å². The molecule has 0 bridgehead atoms. The van der Waals surface area contributed by atoms with Crippen LogP contribution >= 0.6 is 0 Å². The number of hydrogen-bond acceptors (Lipinski definition) is 9. The van der Waals surface area contributed by atoms with Gasteiger partial charge in [-0.3, -0.25) is 4.55 Å². The molecule has 4 rings (SSSR count). The third-order valence-electron chi connectivity index (χ3n) is 7.56. The van der Waals surface area contributed by atoms with Gasteiger partial charge in [-0.2, -0.15) is 8.42 Å². The molecule has 0 spiro atoms. The smallest absolute Gasteiger partial charge is 0.327 e. The number of benzene rings is 3. The zero-order chi connectivity index (χ0) is 30.8. The van der Waals surface area contributed by atoms with Crippen molar-refractivity contribution in [2.75, 3.05) is 13.7 Å².